The Labute approximate surface area is 182 Å². The number of nitro groups is 1. The van der Waals surface area contributed by atoms with Crippen LogP contribution >= 0.6 is 24.0 Å². The van der Waals surface area contributed by atoms with Crippen LogP contribution in [0.15, 0.2) is 59.6 Å². The molecule has 0 bridgehead atoms. The van der Waals surface area contributed by atoms with Crippen molar-refractivity contribution in [2.75, 3.05) is 33.2 Å². The Bertz CT molecular complexity index is 792. The van der Waals surface area contributed by atoms with E-state index in [4.69, 9.17) is 0 Å². The van der Waals surface area contributed by atoms with Crippen molar-refractivity contribution in [1.29, 1.82) is 0 Å². The molecule has 0 atom stereocenters. The number of nitro benzene ring substituents is 1. The van der Waals surface area contributed by atoms with E-state index in [9.17, 15) is 10.1 Å². The zero-order valence-corrected chi connectivity index (χ0v) is 18.3. The minimum Gasteiger partial charge on any atom is -0.352 e. The second-order valence-corrected chi connectivity index (χ2v) is 6.54. The van der Waals surface area contributed by atoms with Gasteiger partial charge in [-0.05, 0) is 5.56 Å². The van der Waals surface area contributed by atoms with Gasteiger partial charge in [-0.15, -0.1) is 24.0 Å². The van der Waals surface area contributed by atoms with E-state index in [1.165, 1.54) is 11.6 Å². The zero-order valence-electron chi connectivity index (χ0n) is 16.0. The zero-order chi connectivity index (χ0) is 19.1. The van der Waals surface area contributed by atoms with Gasteiger partial charge in [0.2, 0.25) is 0 Å². The lowest BCUT2D eigenvalue weighted by molar-refractivity contribution is -0.385. The summed E-state index contributed by atoms with van der Waals surface area (Å²) in [4.78, 5) is 19.8. The van der Waals surface area contributed by atoms with Crippen molar-refractivity contribution >= 4 is 35.6 Å². The van der Waals surface area contributed by atoms with Gasteiger partial charge in [0.25, 0.3) is 5.69 Å². The molecule has 2 aromatic rings. The molecule has 1 N–H and O–H groups in total. The van der Waals surface area contributed by atoms with Crippen LogP contribution in [0.2, 0.25) is 0 Å². The number of para-hydroxylation sites is 1. The Balaban J connectivity index is 0.00000280. The fourth-order valence-corrected chi connectivity index (χ4v) is 3.30. The molecule has 1 saturated heterocycles. The van der Waals surface area contributed by atoms with Gasteiger partial charge in [-0.25, -0.2) is 0 Å². The molecular weight excluding hydrogens is 469 g/mol. The van der Waals surface area contributed by atoms with Crippen molar-refractivity contribution in [2.45, 2.75) is 13.1 Å². The van der Waals surface area contributed by atoms with E-state index in [0.717, 1.165) is 38.7 Å². The molecular formula is C20H26IN5O2. The number of nitrogens with zero attached hydrogens (tertiary/aromatic N) is 4. The molecule has 8 heteroatoms. The fourth-order valence-electron chi connectivity index (χ4n) is 3.30. The second kappa shape index (κ2) is 11.0. The molecule has 0 aliphatic carbocycles. The molecule has 0 unspecified atom stereocenters. The summed E-state index contributed by atoms with van der Waals surface area (Å²) in [5.41, 5.74) is 2.12. The van der Waals surface area contributed by atoms with Gasteiger partial charge in [0.1, 0.15) is 0 Å². The van der Waals surface area contributed by atoms with Crippen molar-refractivity contribution in [1.82, 2.24) is 15.1 Å². The molecule has 7 nitrogen and oxygen atoms in total. The number of aliphatic imine (C=N–C) groups is 1. The molecule has 150 valence electrons. The summed E-state index contributed by atoms with van der Waals surface area (Å²) < 4.78 is 0. The summed E-state index contributed by atoms with van der Waals surface area (Å²) >= 11 is 0. The van der Waals surface area contributed by atoms with Crippen LogP contribution in [0.3, 0.4) is 0 Å². The first kappa shape index (κ1) is 22.1. The normalized spacial score (nSPS) is 15.0. The standard InChI is InChI=1S/C20H25N5O2.HI/c1-21-20(22-15-18-9-5-6-10-19(18)25(26)27)24-13-11-23(12-14-24)16-17-7-3-2-4-8-17;/h2-10H,11-16H2,1H3,(H,21,22);1H. The Morgan fingerprint density at radius 3 is 2.36 bits per heavy atom. The van der Waals surface area contributed by atoms with E-state index in [0.29, 0.717) is 12.1 Å². The summed E-state index contributed by atoms with van der Waals surface area (Å²) in [5, 5.41) is 14.4. The highest BCUT2D eigenvalue weighted by atomic mass is 127. The van der Waals surface area contributed by atoms with Crippen molar-refractivity contribution in [2.24, 2.45) is 4.99 Å². The number of benzene rings is 2. The number of nitrogens with one attached hydrogen (secondary N) is 1. The van der Waals surface area contributed by atoms with E-state index >= 15 is 0 Å². The van der Waals surface area contributed by atoms with E-state index in [1.54, 1.807) is 19.2 Å². The summed E-state index contributed by atoms with van der Waals surface area (Å²) in [5.74, 6) is 0.785. The van der Waals surface area contributed by atoms with E-state index in [-0.39, 0.29) is 34.6 Å². The van der Waals surface area contributed by atoms with E-state index < -0.39 is 0 Å². The molecule has 1 aliphatic rings. The molecule has 0 aromatic heterocycles. The van der Waals surface area contributed by atoms with Crippen molar-refractivity contribution in [3.63, 3.8) is 0 Å². The summed E-state index contributed by atoms with van der Waals surface area (Å²) in [6.45, 7) is 5.01. The van der Waals surface area contributed by atoms with Crippen LogP contribution in [0.25, 0.3) is 0 Å². The molecule has 1 fully saturated rings. The molecule has 0 radical (unpaired) electrons. The summed E-state index contributed by atoms with van der Waals surface area (Å²) in [6, 6.07) is 17.3. The smallest absolute Gasteiger partial charge is 0.274 e. The van der Waals surface area contributed by atoms with Gasteiger partial charge in [-0.1, -0.05) is 48.5 Å². The van der Waals surface area contributed by atoms with Crippen LogP contribution in [0.5, 0.6) is 0 Å². The maximum Gasteiger partial charge on any atom is 0.274 e. The Kier molecular flexibility index (Phi) is 8.65. The van der Waals surface area contributed by atoms with Crippen LogP contribution in [0.4, 0.5) is 5.69 Å². The molecule has 28 heavy (non-hydrogen) atoms. The maximum atomic E-state index is 11.2. The SMILES string of the molecule is CN=C(NCc1ccccc1[N+](=O)[O-])N1CCN(Cc2ccccc2)CC1.I. The minimum absolute atomic E-state index is 0. The van der Waals surface area contributed by atoms with E-state index in [1.807, 2.05) is 12.1 Å². The lowest BCUT2D eigenvalue weighted by Gasteiger charge is -2.36. The van der Waals surface area contributed by atoms with Crippen molar-refractivity contribution < 1.29 is 4.92 Å². The van der Waals surface area contributed by atoms with Gasteiger partial charge in [0.15, 0.2) is 5.96 Å². The number of halogens is 1. The molecule has 1 aliphatic heterocycles. The molecule has 3 rings (SSSR count). The molecule has 0 saturated carbocycles. The molecule has 2 aromatic carbocycles. The van der Waals surface area contributed by atoms with Crippen LogP contribution < -0.4 is 5.32 Å². The van der Waals surface area contributed by atoms with Crippen LogP contribution in [0, 0.1) is 10.1 Å². The van der Waals surface area contributed by atoms with Gasteiger partial charge in [0.05, 0.1) is 4.92 Å². The van der Waals surface area contributed by atoms with Crippen LogP contribution in [-0.4, -0.2) is 53.9 Å². The highest BCUT2D eigenvalue weighted by Crippen LogP contribution is 2.17. The number of hydrogen-bond acceptors (Lipinski definition) is 4. The quantitative estimate of drug-likeness (QED) is 0.227. The van der Waals surface area contributed by atoms with Crippen molar-refractivity contribution in [3.05, 3.63) is 75.8 Å². The number of hydrogen-bond donors (Lipinski definition) is 1. The molecule has 1 heterocycles. The number of piperazine rings is 1. The third-order valence-corrected chi connectivity index (χ3v) is 4.76. The van der Waals surface area contributed by atoms with Gasteiger partial charge in [0, 0.05) is 57.9 Å². The third-order valence-electron chi connectivity index (χ3n) is 4.76. The average molecular weight is 495 g/mol. The Morgan fingerprint density at radius 1 is 1.07 bits per heavy atom. The highest BCUT2D eigenvalue weighted by Gasteiger charge is 2.20. The van der Waals surface area contributed by atoms with Crippen LogP contribution in [-0.2, 0) is 13.1 Å². The van der Waals surface area contributed by atoms with Gasteiger partial charge < -0.3 is 10.2 Å². The summed E-state index contributed by atoms with van der Waals surface area (Å²) in [6.07, 6.45) is 0. The van der Waals surface area contributed by atoms with Crippen molar-refractivity contribution in [3.8, 4) is 0 Å². The lowest BCUT2D eigenvalue weighted by Crippen LogP contribution is -2.52. The average Bonchev–Trinajstić information content (AvgIpc) is 2.70. The Hall–Kier alpha value is -2.20. The first-order valence-corrected chi connectivity index (χ1v) is 9.11. The lowest BCUT2D eigenvalue weighted by atomic mass is 10.2. The molecule has 0 spiro atoms. The third kappa shape index (κ3) is 5.90. The maximum absolute atomic E-state index is 11.2. The van der Waals surface area contributed by atoms with E-state index in [2.05, 4.69) is 44.4 Å². The first-order valence-electron chi connectivity index (χ1n) is 9.11. The van der Waals surface area contributed by atoms with Gasteiger partial charge in [-0.3, -0.25) is 20.0 Å². The predicted molar refractivity (Wildman–Crippen MR) is 122 cm³/mol. The Morgan fingerprint density at radius 2 is 1.71 bits per heavy atom. The fraction of sp³-hybridized carbons (Fsp3) is 0.350. The number of guanidine groups is 1. The molecule has 0 amide bonds. The monoisotopic (exact) mass is 495 g/mol. The first-order chi connectivity index (χ1) is 13.2. The predicted octanol–water partition coefficient (Wildman–Crippen LogP) is 3.11. The van der Waals surface area contributed by atoms with Crippen LogP contribution in [0.1, 0.15) is 11.1 Å². The largest absolute Gasteiger partial charge is 0.352 e. The van der Waals surface area contributed by atoms with Gasteiger partial charge in [-0.2, -0.15) is 0 Å². The van der Waals surface area contributed by atoms with Gasteiger partial charge >= 0.3 is 0 Å². The topological polar surface area (TPSA) is 74.0 Å². The number of rotatable bonds is 5. The second-order valence-electron chi connectivity index (χ2n) is 6.54. The summed E-state index contributed by atoms with van der Waals surface area (Å²) in [7, 11) is 1.75. The minimum atomic E-state index is -0.345. The highest BCUT2D eigenvalue weighted by molar-refractivity contribution is 14.0.